The summed E-state index contributed by atoms with van der Waals surface area (Å²) in [4.78, 5) is 0. The second-order valence-electron chi connectivity index (χ2n) is 6.15. The van der Waals surface area contributed by atoms with Crippen LogP contribution in [0.4, 0.5) is 0 Å². The normalized spacial score (nSPS) is 14.8. The van der Waals surface area contributed by atoms with Gasteiger partial charge in [-0.3, -0.25) is 0 Å². The SMILES string of the molecule is CC(C)CC(C)OC(CNC(C)C)c1ccccc1Cl. The molecule has 0 saturated heterocycles. The molecule has 2 nitrogen and oxygen atoms in total. The van der Waals surface area contributed by atoms with Gasteiger partial charge in [0, 0.05) is 23.2 Å². The molecule has 0 heterocycles. The van der Waals surface area contributed by atoms with Crippen molar-refractivity contribution in [3.8, 4) is 0 Å². The molecule has 3 heteroatoms. The molecule has 0 radical (unpaired) electrons. The van der Waals surface area contributed by atoms with Crippen LogP contribution in [0.5, 0.6) is 0 Å². The Bertz CT molecular complexity index is 392. The number of hydrogen-bond acceptors (Lipinski definition) is 2. The van der Waals surface area contributed by atoms with Crippen molar-refractivity contribution in [3.63, 3.8) is 0 Å². The van der Waals surface area contributed by atoms with Gasteiger partial charge in [-0.2, -0.15) is 0 Å². The van der Waals surface area contributed by atoms with Crippen LogP contribution >= 0.6 is 11.6 Å². The molecule has 0 spiro atoms. The molecule has 0 aromatic heterocycles. The highest BCUT2D eigenvalue weighted by Gasteiger charge is 2.19. The van der Waals surface area contributed by atoms with Crippen molar-refractivity contribution in [3.05, 3.63) is 34.9 Å². The number of halogens is 1. The molecule has 0 aliphatic heterocycles. The second-order valence-corrected chi connectivity index (χ2v) is 6.56. The Morgan fingerprint density at radius 2 is 1.75 bits per heavy atom. The van der Waals surface area contributed by atoms with Crippen LogP contribution in [-0.4, -0.2) is 18.7 Å². The third-order valence-corrected chi connectivity index (χ3v) is 3.51. The predicted octanol–water partition coefficient (Wildman–Crippen LogP) is 4.83. The molecule has 114 valence electrons. The summed E-state index contributed by atoms with van der Waals surface area (Å²) < 4.78 is 6.23. The van der Waals surface area contributed by atoms with Crippen molar-refractivity contribution >= 4 is 11.6 Å². The molecule has 0 saturated carbocycles. The average Bonchev–Trinajstić information content (AvgIpc) is 2.34. The van der Waals surface area contributed by atoms with Crippen LogP contribution in [0.2, 0.25) is 5.02 Å². The fourth-order valence-corrected chi connectivity index (χ4v) is 2.57. The van der Waals surface area contributed by atoms with E-state index in [4.69, 9.17) is 16.3 Å². The number of rotatable bonds is 8. The summed E-state index contributed by atoms with van der Waals surface area (Å²) in [7, 11) is 0. The molecule has 0 bridgehead atoms. The van der Waals surface area contributed by atoms with Gasteiger partial charge in [0.1, 0.15) is 0 Å². The Morgan fingerprint density at radius 3 is 2.30 bits per heavy atom. The van der Waals surface area contributed by atoms with Crippen LogP contribution in [0.25, 0.3) is 0 Å². The first-order chi connectivity index (χ1) is 9.40. The standard InChI is InChI=1S/C17H28ClNO/c1-12(2)10-14(5)20-17(11-19-13(3)4)15-8-6-7-9-16(15)18/h6-9,12-14,17,19H,10-11H2,1-5H3. The minimum Gasteiger partial charge on any atom is -0.369 e. The molecular weight excluding hydrogens is 270 g/mol. The van der Waals surface area contributed by atoms with Crippen LogP contribution in [0, 0.1) is 5.92 Å². The number of hydrogen-bond donors (Lipinski definition) is 1. The summed E-state index contributed by atoms with van der Waals surface area (Å²) in [6.45, 7) is 11.6. The van der Waals surface area contributed by atoms with Gasteiger partial charge in [0.05, 0.1) is 12.2 Å². The zero-order valence-corrected chi connectivity index (χ0v) is 14.1. The molecule has 0 amide bonds. The molecule has 2 unspecified atom stereocenters. The summed E-state index contributed by atoms with van der Waals surface area (Å²) >= 11 is 6.32. The first-order valence-corrected chi connectivity index (χ1v) is 7.91. The third kappa shape index (κ3) is 6.25. The molecule has 2 atom stereocenters. The van der Waals surface area contributed by atoms with Crippen LogP contribution < -0.4 is 5.32 Å². The van der Waals surface area contributed by atoms with Crippen molar-refractivity contribution in [2.45, 2.75) is 59.3 Å². The quantitative estimate of drug-likeness (QED) is 0.742. The summed E-state index contributed by atoms with van der Waals surface area (Å²) in [5.74, 6) is 0.634. The first kappa shape index (κ1) is 17.5. The summed E-state index contributed by atoms with van der Waals surface area (Å²) in [5.41, 5.74) is 1.07. The average molecular weight is 298 g/mol. The van der Waals surface area contributed by atoms with Gasteiger partial charge in [0.2, 0.25) is 0 Å². The largest absolute Gasteiger partial charge is 0.369 e. The zero-order valence-electron chi connectivity index (χ0n) is 13.3. The van der Waals surface area contributed by atoms with Crippen molar-refractivity contribution < 1.29 is 4.74 Å². The number of ether oxygens (including phenoxy) is 1. The smallest absolute Gasteiger partial charge is 0.0967 e. The molecule has 20 heavy (non-hydrogen) atoms. The predicted molar refractivity (Wildman–Crippen MR) is 87.3 cm³/mol. The van der Waals surface area contributed by atoms with Gasteiger partial charge in [-0.25, -0.2) is 0 Å². The highest BCUT2D eigenvalue weighted by atomic mass is 35.5. The van der Waals surface area contributed by atoms with Crippen LogP contribution in [0.3, 0.4) is 0 Å². The molecule has 0 aliphatic carbocycles. The van der Waals surface area contributed by atoms with Crippen LogP contribution in [0.1, 0.15) is 52.7 Å². The molecule has 1 aromatic rings. The lowest BCUT2D eigenvalue weighted by Crippen LogP contribution is -2.31. The monoisotopic (exact) mass is 297 g/mol. The lowest BCUT2D eigenvalue weighted by Gasteiger charge is -2.26. The third-order valence-electron chi connectivity index (χ3n) is 3.16. The lowest BCUT2D eigenvalue weighted by atomic mass is 10.1. The topological polar surface area (TPSA) is 21.3 Å². The summed E-state index contributed by atoms with van der Waals surface area (Å²) in [6.07, 6.45) is 1.29. The van der Waals surface area contributed by atoms with Crippen molar-refractivity contribution in [1.82, 2.24) is 5.32 Å². The highest BCUT2D eigenvalue weighted by Crippen LogP contribution is 2.27. The minimum atomic E-state index is -0.000139. The zero-order chi connectivity index (χ0) is 15.1. The van der Waals surface area contributed by atoms with Gasteiger partial charge >= 0.3 is 0 Å². The van der Waals surface area contributed by atoms with Gasteiger partial charge in [-0.05, 0) is 25.3 Å². The molecule has 1 N–H and O–H groups in total. The Labute approximate surface area is 128 Å². The minimum absolute atomic E-state index is 0.000139. The van der Waals surface area contributed by atoms with Crippen molar-refractivity contribution in [2.75, 3.05) is 6.54 Å². The first-order valence-electron chi connectivity index (χ1n) is 7.53. The van der Waals surface area contributed by atoms with E-state index < -0.39 is 0 Å². The maximum absolute atomic E-state index is 6.32. The van der Waals surface area contributed by atoms with E-state index in [1.54, 1.807) is 0 Å². The van der Waals surface area contributed by atoms with E-state index in [0.717, 1.165) is 23.6 Å². The van der Waals surface area contributed by atoms with Crippen molar-refractivity contribution in [2.24, 2.45) is 5.92 Å². The molecule has 1 aromatic carbocycles. The van der Waals surface area contributed by atoms with E-state index >= 15 is 0 Å². The fourth-order valence-electron chi connectivity index (χ4n) is 2.31. The van der Waals surface area contributed by atoms with Gasteiger partial charge in [0.15, 0.2) is 0 Å². The van der Waals surface area contributed by atoms with E-state index in [1.165, 1.54) is 0 Å². The Kier molecular flexibility index (Phi) is 7.57. The number of nitrogens with one attached hydrogen (secondary N) is 1. The van der Waals surface area contributed by atoms with E-state index in [0.29, 0.717) is 12.0 Å². The maximum atomic E-state index is 6.32. The van der Waals surface area contributed by atoms with Crippen LogP contribution in [0.15, 0.2) is 24.3 Å². The van der Waals surface area contributed by atoms with E-state index in [-0.39, 0.29) is 12.2 Å². The second kappa shape index (κ2) is 8.66. The van der Waals surface area contributed by atoms with E-state index in [9.17, 15) is 0 Å². The van der Waals surface area contributed by atoms with E-state index in [2.05, 4.69) is 46.0 Å². The molecule has 1 rings (SSSR count). The Hall–Kier alpha value is -0.570. The maximum Gasteiger partial charge on any atom is 0.0967 e. The fraction of sp³-hybridized carbons (Fsp3) is 0.647. The van der Waals surface area contributed by atoms with Gasteiger partial charge in [0.25, 0.3) is 0 Å². The number of benzene rings is 1. The summed E-state index contributed by atoms with van der Waals surface area (Å²) in [5, 5.41) is 4.22. The molecule has 0 aliphatic rings. The van der Waals surface area contributed by atoms with Crippen molar-refractivity contribution in [1.29, 1.82) is 0 Å². The van der Waals surface area contributed by atoms with Gasteiger partial charge in [-0.15, -0.1) is 0 Å². The van der Waals surface area contributed by atoms with Gasteiger partial charge in [-0.1, -0.05) is 57.5 Å². The Morgan fingerprint density at radius 1 is 1.10 bits per heavy atom. The molecular formula is C17H28ClNO. The molecule has 0 fully saturated rings. The Balaban J connectivity index is 2.77. The lowest BCUT2D eigenvalue weighted by molar-refractivity contribution is -0.0133. The van der Waals surface area contributed by atoms with Gasteiger partial charge < -0.3 is 10.1 Å². The van der Waals surface area contributed by atoms with E-state index in [1.807, 2.05) is 18.2 Å². The summed E-state index contributed by atoms with van der Waals surface area (Å²) in [6, 6.07) is 8.38. The highest BCUT2D eigenvalue weighted by molar-refractivity contribution is 6.31. The van der Waals surface area contributed by atoms with Crippen LogP contribution in [-0.2, 0) is 4.74 Å².